The van der Waals surface area contributed by atoms with Crippen LogP contribution in [0.1, 0.15) is 45.6 Å². The molecule has 0 radical (unpaired) electrons. The molecule has 8 nitrogen and oxygen atoms in total. The van der Waals surface area contributed by atoms with E-state index in [-0.39, 0.29) is 48.7 Å². The fraction of sp³-hybridized carbons (Fsp3) is 0.481. The second kappa shape index (κ2) is 14.6. The van der Waals surface area contributed by atoms with Crippen LogP contribution < -0.4 is 14.4 Å². The van der Waals surface area contributed by atoms with Gasteiger partial charge in [-0.25, -0.2) is 8.42 Å². The van der Waals surface area contributed by atoms with Crippen LogP contribution in [0.2, 0.25) is 10.0 Å². The van der Waals surface area contributed by atoms with Crippen molar-refractivity contribution < 1.29 is 22.7 Å². The average molecular weight is 587 g/mol. The highest BCUT2D eigenvalue weighted by Crippen LogP contribution is 2.30. The van der Waals surface area contributed by atoms with Crippen molar-refractivity contribution >= 4 is 50.7 Å². The van der Waals surface area contributed by atoms with Crippen molar-refractivity contribution in [3.05, 3.63) is 58.1 Å². The third kappa shape index (κ3) is 9.06. The second-order valence-corrected chi connectivity index (χ2v) is 12.2. The largest absolute Gasteiger partial charge is 0.495 e. The van der Waals surface area contributed by atoms with Crippen molar-refractivity contribution in [3.63, 3.8) is 0 Å². The number of rotatable bonds is 14. The summed E-state index contributed by atoms with van der Waals surface area (Å²) in [6.07, 6.45) is 1.79. The van der Waals surface area contributed by atoms with E-state index in [9.17, 15) is 18.0 Å². The maximum atomic E-state index is 13.5. The molecule has 0 unspecified atom stereocenters. The molecule has 0 heterocycles. The van der Waals surface area contributed by atoms with Gasteiger partial charge in [0, 0.05) is 31.1 Å². The average Bonchev–Trinajstić information content (AvgIpc) is 2.85. The molecule has 1 atom stereocenters. The van der Waals surface area contributed by atoms with Crippen LogP contribution in [0, 0.1) is 5.92 Å². The summed E-state index contributed by atoms with van der Waals surface area (Å²) in [5.41, 5.74) is 1.10. The SMILES string of the molecule is CC[C@H](C(=O)NCC(C)C)N(Cc1ccccc1Cl)C(=O)CCCN(c1ccc(OC)c(Cl)c1)S(C)(=O)=O. The van der Waals surface area contributed by atoms with E-state index >= 15 is 0 Å². The highest BCUT2D eigenvalue weighted by atomic mass is 35.5. The van der Waals surface area contributed by atoms with Gasteiger partial charge in [0.1, 0.15) is 11.8 Å². The number of carbonyl (C=O) groups is 2. The van der Waals surface area contributed by atoms with Gasteiger partial charge in [0.15, 0.2) is 0 Å². The molecule has 2 amide bonds. The molecule has 0 aliphatic heterocycles. The zero-order valence-corrected chi connectivity index (χ0v) is 24.9. The lowest BCUT2D eigenvalue weighted by Crippen LogP contribution is -2.49. The molecular weight excluding hydrogens is 549 g/mol. The molecule has 0 aliphatic rings. The number of benzene rings is 2. The van der Waals surface area contributed by atoms with E-state index in [1.165, 1.54) is 22.4 Å². The number of halogens is 2. The van der Waals surface area contributed by atoms with E-state index in [2.05, 4.69) is 5.32 Å². The molecule has 38 heavy (non-hydrogen) atoms. The number of methoxy groups -OCH3 is 1. The van der Waals surface area contributed by atoms with Crippen LogP contribution in [-0.4, -0.2) is 57.6 Å². The maximum Gasteiger partial charge on any atom is 0.242 e. The van der Waals surface area contributed by atoms with Crippen LogP contribution in [0.3, 0.4) is 0 Å². The first kappa shape index (κ1) is 31.7. The highest BCUT2D eigenvalue weighted by molar-refractivity contribution is 7.92. The summed E-state index contributed by atoms with van der Waals surface area (Å²) in [5.74, 6) is 0.193. The minimum Gasteiger partial charge on any atom is -0.495 e. The van der Waals surface area contributed by atoms with Gasteiger partial charge in [-0.3, -0.25) is 13.9 Å². The Hall–Kier alpha value is -2.49. The molecule has 0 aromatic heterocycles. The third-order valence-corrected chi connectivity index (χ3v) is 7.80. The van der Waals surface area contributed by atoms with Crippen LogP contribution in [0.25, 0.3) is 0 Å². The van der Waals surface area contributed by atoms with E-state index in [4.69, 9.17) is 27.9 Å². The van der Waals surface area contributed by atoms with Crippen LogP contribution in [0.4, 0.5) is 5.69 Å². The Morgan fingerprint density at radius 1 is 1.08 bits per heavy atom. The van der Waals surface area contributed by atoms with Gasteiger partial charge in [-0.2, -0.15) is 0 Å². The summed E-state index contributed by atoms with van der Waals surface area (Å²) in [4.78, 5) is 28.1. The summed E-state index contributed by atoms with van der Waals surface area (Å²) in [5, 5.41) is 3.70. The Labute approximate surface area is 236 Å². The van der Waals surface area contributed by atoms with Crippen molar-refractivity contribution in [3.8, 4) is 5.75 Å². The molecule has 11 heteroatoms. The molecule has 0 spiro atoms. The van der Waals surface area contributed by atoms with Crippen LogP contribution in [0.5, 0.6) is 5.75 Å². The van der Waals surface area contributed by atoms with E-state index in [1.807, 2.05) is 32.9 Å². The van der Waals surface area contributed by atoms with Gasteiger partial charge in [0.2, 0.25) is 21.8 Å². The van der Waals surface area contributed by atoms with E-state index in [1.54, 1.807) is 24.3 Å². The van der Waals surface area contributed by atoms with Crippen molar-refractivity contribution in [2.24, 2.45) is 5.92 Å². The Morgan fingerprint density at radius 2 is 1.76 bits per heavy atom. The first-order chi connectivity index (χ1) is 17.9. The van der Waals surface area contributed by atoms with Crippen LogP contribution in [-0.2, 0) is 26.2 Å². The molecule has 2 rings (SSSR count). The van der Waals surface area contributed by atoms with Crippen LogP contribution in [0.15, 0.2) is 42.5 Å². The molecule has 210 valence electrons. The Balaban J connectivity index is 2.24. The number of anilines is 1. The topological polar surface area (TPSA) is 96.0 Å². The molecule has 2 aromatic rings. The predicted octanol–water partition coefficient (Wildman–Crippen LogP) is 5.13. The minimum atomic E-state index is -3.65. The summed E-state index contributed by atoms with van der Waals surface area (Å²) in [6, 6.07) is 11.2. The molecule has 0 saturated heterocycles. The van der Waals surface area contributed by atoms with Crippen LogP contribution >= 0.6 is 23.2 Å². The lowest BCUT2D eigenvalue weighted by atomic mass is 10.1. The highest BCUT2D eigenvalue weighted by Gasteiger charge is 2.29. The van der Waals surface area contributed by atoms with E-state index in [0.717, 1.165) is 11.8 Å². The molecule has 0 aliphatic carbocycles. The van der Waals surface area contributed by atoms with E-state index in [0.29, 0.717) is 29.4 Å². The number of ether oxygens (including phenoxy) is 1. The Morgan fingerprint density at radius 3 is 2.32 bits per heavy atom. The van der Waals surface area contributed by atoms with Gasteiger partial charge in [0.25, 0.3) is 0 Å². The smallest absolute Gasteiger partial charge is 0.242 e. The van der Waals surface area contributed by atoms with Gasteiger partial charge >= 0.3 is 0 Å². The minimum absolute atomic E-state index is 0.0360. The van der Waals surface area contributed by atoms with Crippen molar-refractivity contribution in [2.75, 3.05) is 30.8 Å². The Kier molecular flexibility index (Phi) is 12.2. The second-order valence-electron chi connectivity index (χ2n) is 9.43. The van der Waals surface area contributed by atoms with E-state index < -0.39 is 16.1 Å². The molecule has 2 aromatic carbocycles. The number of nitrogens with zero attached hydrogens (tertiary/aromatic N) is 2. The normalized spacial score (nSPS) is 12.2. The first-order valence-electron chi connectivity index (χ1n) is 12.5. The number of hydrogen-bond acceptors (Lipinski definition) is 5. The van der Waals surface area contributed by atoms with Crippen molar-refractivity contribution in [1.82, 2.24) is 10.2 Å². The quantitative estimate of drug-likeness (QED) is 0.331. The number of carbonyl (C=O) groups excluding carboxylic acids is 2. The summed E-state index contributed by atoms with van der Waals surface area (Å²) in [7, 11) is -2.18. The summed E-state index contributed by atoms with van der Waals surface area (Å²) < 4.78 is 31.4. The van der Waals surface area contributed by atoms with Gasteiger partial charge in [-0.1, -0.05) is 62.2 Å². The van der Waals surface area contributed by atoms with Crippen molar-refractivity contribution in [1.29, 1.82) is 0 Å². The number of nitrogens with one attached hydrogen (secondary N) is 1. The zero-order chi connectivity index (χ0) is 28.5. The summed E-state index contributed by atoms with van der Waals surface area (Å²) in [6.45, 7) is 6.57. The number of hydrogen-bond donors (Lipinski definition) is 1. The maximum absolute atomic E-state index is 13.5. The Bertz CT molecular complexity index is 1210. The molecular formula is C27H37Cl2N3O5S. The van der Waals surface area contributed by atoms with Gasteiger partial charge in [-0.05, 0) is 48.6 Å². The predicted molar refractivity (Wildman–Crippen MR) is 153 cm³/mol. The standard InChI is InChI=1S/C27H37Cl2N3O5S/c1-6-24(27(34)30-17-19(2)3)31(18-20-10-7-8-11-22(20)28)26(33)12-9-15-32(38(5,35)36)21-13-14-25(37-4)23(29)16-21/h7-8,10-11,13-14,16,19,24H,6,9,12,15,17-18H2,1-5H3,(H,30,34)/t24-/m1/s1. The molecule has 1 N–H and O–H groups in total. The first-order valence-corrected chi connectivity index (χ1v) is 15.1. The number of amides is 2. The lowest BCUT2D eigenvalue weighted by molar-refractivity contribution is -0.141. The monoisotopic (exact) mass is 585 g/mol. The zero-order valence-electron chi connectivity index (χ0n) is 22.5. The molecule has 0 fully saturated rings. The fourth-order valence-corrected chi connectivity index (χ4v) is 5.37. The van der Waals surface area contributed by atoms with Crippen molar-refractivity contribution in [2.45, 2.75) is 52.6 Å². The van der Waals surface area contributed by atoms with Gasteiger partial charge in [-0.15, -0.1) is 0 Å². The van der Waals surface area contributed by atoms with Gasteiger partial charge in [0.05, 0.1) is 24.1 Å². The van der Waals surface area contributed by atoms with Gasteiger partial charge < -0.3 is 15.0 Å². The summed E-state index contributed by atoms with van der Waals surface area (Å²) >= 11 is 12.6. The lowest BCUT2D eigenvalue weighted by Gasteiger charge is -2.31. The number of sulfonamides is 1. The molecule has 0 saturated carbocycles. The molecule has 0 bridgehead atoms. The third-order valence-electron chi connectivity index (χ3n) is 5.94. The fourth-order valence-electron chi connectivity index (χ4n) is 3.97.